The lowest BCUT2D eigenvalue weighted by atomic mass is 9.30. The van der Waals surface area contributed by atoms with E-state index >= 15 is 0 Å². The summed E-state index contributed by atoms with van der Waals surface area (Å²) in [5, 5.41) is 2.38. The fourth-order valence-corrected chi connectivity index (χ4v) is 21.2. The van der Waals surface area contributed by atoms with Gasteiger partial charge in [-0.05, 0) is 265 Å². The number of hydrogen-bond donors (Lipinski definition) is 0. The summed E-state index contributed by atoms with van der Waals surface area (Å²) >= 11 is 3.82. The van der Waals surface area contributed by atoms with E-state index < -0.39 is 0 Å². The molecule has 12 aromatic rings. The van der Waals surface area contributed by atoms with Gasteiger partial charge in [0.2, 0.25) is 0 Å². The zero-order valence-corrected chi connectivity index (χ0v) is 71.8. The molecule has 6 aliphatic rings. The van der Waals surface area contributed by atoms with E-state index in [0.29, 0.717) is 0 Å². The Bertz CT molecular complexity index is 5910. The Kier molecular flexibility index (Phi) is 16.6. The van der Waals surface area contributed by atoms with Crippen LogP contribution in [0.15, 0.2) is 158 Å². The standard InChI is InChI=1S/C100H108B3N3O3S2/c1-25-96(15,16)61-34-40-84-68(44-61)90-92(110-84)102-72-52-70-75(54-74(72)104(66-36-30-59(31-37-66)94(9,10)11)79-48-64(99(21,22)28-4)49-81(108-90)87(79)102)106(89-57(7)42-56(6)43-58(89)8)78-47-63(98(19,20)27-3)46-77-86(78)101(70)71-53-73-80(55-76(71)105(77)67-38-32-60(33-39-67)95(12,13)14)107-82-50-65(100(23,24)29-5)51-83-88(82)103(73)93-91(109-83)69-45-62(97(17,18)26-2)35-41-85(69)111-93/h30-55H,25-29H2,1-24H3. The Labute approximate surface area is 670 Å². The van der Waals surface area contributed by atoms with Crippen LogP contribution < -0.4 is 76.7 Å². The Hall–Kier alpha value is -8.89. The van der Waals surface area contributed by atoms with Crippen molar-refractivity contribution in [3.8, 4) is 34.5 Å². The molecule has 8 heterocycles. The smallest absolute Gasteiger partial charge is 0.273 e. The highest BCUT2D eigenvalue weighted by atomic mass is 32.1. The second-order valence-corrected chi connectivity index (χ2v) is 41.0. The molecule has 18 rings (SSSR count). The monoisotopic (exact) mass is 1500 g/mol. The van der Waals surface area contributed by atoms with Crippen LogP contribution in [-0.2, 0) is 37.9 Å². The zero-order chi connectivity index (χ0) is 78.4. The second kappa shape index (κ2) is 25.1. The van der Waals surface area contributed by atoms with Crippen molar-refractivity contribution in [2.24, 2.45) is 0 Å². The van der Waals surface area contributed by atoms with Crippen molar-refractivity contribution in [3.63, 3.8) is 0 Å². The molecule has 11 heteroatoms. The minimum Gasteiger partial charge on any atom is -0.458 e. The van der Waals surface area contributed by atoms with Crippen LogP contribution in [0.5, 0.6) is 34.5 Å². The highest BCUT2D eigenvalue weighted by molar-refractivity contribution is 7.34. The van der Waals surface area contributed by atoms with Gasteiger partial charge in [0.15, 0.2) is 0 Å². The van der Waals surface area contributed by atoms with Crippen LogP contribution in [0, 0.1) is 20.8 Å². The van der Waals surface area contributed by atoms with Gasteiger partial charge in [0.1, 0.15) is 34.5 Å². The van der Waals surface area contributed by atoms with E-state index in [1.54, 1.807) is 0 Å². The van der Waals surface area contributed by atoms with Gasteiger partial charge >= 0.3 is 0 Å². The molecule has 0 saturated carbocycles. The summed E-state index contributed by atoms with van der Waals surface area (Å²) in [6, 6.07) is 63.8. The van der Waals surface area contributed by atoms with Crippen LogP contribution in [0.2, 0.25) is 0 Å². The van der Waals surface area contributed by atoms with Gasteiger partial charge in [0, 0.05) is 86.8 Å². The van der Waals surface area contributed by atoms with Crippen molar-refractivity contribution in [2.75, 3.05) is 14.7 Å². The molecular weight excluding hydrogens is 1390 g/mol. The summed E-state index contributed by atoms with van der Waals surface area (Å²) in [5.41, 5.74) is 31.2. The van der Waals surface area contributed by atoms with Crippen LogP contribution in [0.4, 0.5) is 51.2 Å². The maximum atomic E-state index is 7.79. The number of aryl methyl sites for hydroxylation is 3. The van der Waals surface area contributed by atoms with Gasteiger partial charge < -0.3 is 28.9 Å². The fraction of sp³-hybridized carbons (Fsp3) is 0.360. The Balaban J connectivity index is 0.995. The third-order valence-corrected chi connectivity index (χ3v) is 30.4. The van der Waals surface area contributed by atoms with Crippen LogP contribution in [0.3, 0.4) is 0 Å². The SMILES string of the molecule is CCC(C)(C)c1cc2c3c(c1)Oc1c(sc4ccc(C(C)(C)CC)cc14)B3c1cc3c(cc1O2)N(c1ccc(C(C)(C)C)cc1)c1cc(C(C)(C)CC)cc2c1B3c1cc3c(cc1N2c1c(C)cc(C)cc1C)N(c1ccc(C(C)(C)C)cc1)c1cc(C(C)(C)CC)cc2c1B3c1sc3ccc(C(C)(C)CC)cc3c1O2. The van der Waals surface area contributed by atoms with E-state index in [1.165, 1.54) is 152 Å². The molecule has 0 amide bonds. The highest BCUT2D eigenvalue weighted by Gasteiger charge is 2.52. The lowest BCUT2D eigenvalue weighted by Crippen LogP contribution is -2.65. The summed E-state index contributed by atoms with van der Waals surface area (Å²) in [7, 11) is 0. The largest absolute Gasteiger partial charge is 0.458 e. The van der Waals surface area contributed by atoms with Gasteiger partial charge in [-0.3, -0.25) is 0 Å². The van der Waals surface area contributed by atoms with Crippen molar-refractivity contribution >= 4 is 162 Å². The number of anilines is 9. The number of ether oxygens (including phenoxy) is 3. The summed E-state index contributed by atoms with van der Waals surface area (Å²) < 4.78 is 28.1. The number of nitrogens with zero attached hydrogens (tertiary/aromatic N) is 3. The first-order valence-electron chi connectivity index (χ1n) is 41.3. The predicted octanol–water partition coefficient (Wildman–Crippen LogP) is 23.3. The highest BCUT2D eigenvalue weighted by Crippen LogP contribution is 2.54. The third-order valence-electron chi connectivity index (χ3n) is 27.9. The topological polar surface area (TPSA) is 37.4 Å². The van der Waals surface area contributed by atoms with E-state index in [1.807, 2.05) is 22.7 Å². The minimum absolute atomic E-state index is 0.0216. The van der Waals surface area contributed by atoms with Crippen molar-refractivity contribution in [3.05, 3.63) is 213 Å². The molecule has 0 fully saturated rings. The molecule has 0 spiro atoms. The maximum Gasteiger partial charge on any atom is 0.273 e. The first-order valence-corrected chi connectivity index (χ1v) is 42.9. The second-order valence-electron chi connectivity index (χ2n) is 38.8. The molecule has 10 aromatic carbocycles. The number of fused-ring (bicyclic) bond motifs is 16. The molecule has 6 aliphatic heterocycles. The molecule has 0 unspecified atom stereocenters. The van der Waals surface area contributed by atoms with Gasteiger partial charge in [0.25, 0.3) is 20.1 Å². The number of hydrogen-bond acceptors (Lipinski definition) is 8. The Morgan fingerprint density at radius 3 is 1.13 bits per heavy atom. The van der Waals surface area contributed by atoms with Gasteiger partial charge in [-0.2, -0.15) is 0 Å². The van der Waals surface area contributed by atoms with E-state index in [9.17, 15) is 0 Å². The minimum atomic E-state index is -0.274. The van der Waals surface area contributed by atoms with Gasteiger partial charge in [0.05, 0.1) is 5.69 Å². The van der Waals surface area contributed by atoms with Crippen molar-refractivity contribution in [1.29, 1.82) is 0 Å². The molecular formula is C100H108B3N3O3S2. The van der Waals surface area contributed by atoms with E-state index in [0.717, 1.165) is 89.1 Å². The molecule has 2 aromatic heterocycles. The molecule has 0 N–H and O–H groups in total. The first kappa shape index (κ1) is 73.6. The van der Waals surface area contributed by atoms with Crippen molar-refractivity contribution < 1.29 is 14.2 Å². The van der Waals surface area contributed by atoms with Crippen LogP contribution in [0.1, 0.15) is 233 Å². The Morgan fingerprint density at radius 1 is 0.306 bits per heavy atom. The van der Waals surface area contributed by atoms with Crippen molar-refractivity contribution in [2.45, 2.75) is 236 Å². The lowest BCUT2D eigenvalue weighted by Gasteiger charge is -2.47. The summed E-state index contributed by atoms with van der Waals surface area (Å²) in [4.78, 5) is 8.04. The molecule has 0 atom stereocenters. The molecule has 0 saturated heterocycles. The van der Waals surface area contributed by atoms with Crippen LogP contribution >= 0.6 is 22.7 Å². The number of thiophene rings is 2. The molecule has 111 heavy (non-hydrogen) atoms. The van der Waals surface area contributed by atoms with E-state index in [2.05, 4.69) is 339 Å². The normalized spacial score (nSPS) is 14.8. The number of rotatable bonds is 13. The Morgan fingerprint density at radius 2 is 0.667 bits per heavy atom. The summed E-state index contributed by atoms with van der Waals surface area (Å²) in [6.45, 7) is 55.9. The molecule has 0 aliphatic carbocycles. The van der Waals surface area contributed by atoms with E-state index in [4.69, 9.17) is 14.2 Å². The average Bonchev–Trinajstić information content (AvgIpc) is 1.34. The van der Waals surface area contributed by atoms with E-state index in [-0.39, 0.29) is 58.0 Å². The fourth-order valence-electron chi connectivity index (χ4n) is 18.7. The molecule has 0 radical (unpaired) electrons. The third kappa shape index (κ3) is 11.2. The molecule has 562 valence electrons. The quantitative estimate of drug-likeness (QED) is 0.107. The molecule has 0 bridgehead atoms. The van der Waals surface area contributed by atoms with Gasteiger partial charge in [-0.25, -0.2) is 0 Å². The first-order chi connectivity index (χ1) is 52.5. The van der Waals surface area contributed by atoms with Gasteiger partial charge in [-0.15, -0.1) is 22.7 Å². The average molecular weight is 1500 g/mol. The maximum absolute atomic E-state index is 7.79. The van der Waals surface area contributed by atoms with Gasteiger partial charge in [-0.1, -0.05) is 212 Å². The molecule has 6 nitrogen and oxygen atoms in total. The summed E-state index contributed by atoms with van der Waals surface area (Å²) in [5.74, 6) is 5.57. The van der Waals surface area contributed by atoms with Crippen LogP contribution in [0.25, 0.3) is 20.2 Å². The lowest BCUT2D eigenvalue weighted by molar-refractivity contribution is 0.454. The predicted molar refractivity (Wildman–Crippen MR) is 483 cm³/mol. The number of benzene rings is 10. The van der Waals surface area contributed by atoms with Crippen molar-refractivity contribution in [1.82, 2.24) is 0 Å². The zero-order valence-electron chi connectivity index (χ0n) is 70.2. The van der Waals surface area contributed by atoms with Crippen LogP contribution in [-0.4, -0.2) is 20.1 Å². The summed E-state index contributed by atoms with van der Waals surface area (Å²) in [6.07, 6.45) is 4.92.